The topological polar surface area (TPSA) is 9.23 Å². The predicted molar refractivity (Wildman–Crippen MR) is 69.7 cm³/mol. The number of ether oxygens (including phenoxy) is 1. The van der Waals surface area contributed by atoms with Crippen molar-refractivity contribution in [3.63, 3.8) is 0 Å². The van der Waals surface area contributed by atoms with Crippen LogP contribution < -0.4 is 0 Å². The predicted octanol–water partition coefficient (Wildman–Crippen LogP) is 4.68. The molecule has 2 heteroatoms. The summed E-state index contributed by atoms with van der Waals surface area (Å²) in [5.41, 5.74) is 0. The van der Waals surface area contributed by atoms with Gasteiger partial charge < -0.3 is 4.74 Å². The molecule has 0 aromatic rings. The SMILES string of the molecule is CCCCCOC1CCCCCCC1Br. The molecule has 0 bridgehead atoms. The Kier molecular flexibility index (Phi) is 7.72. The summed E-state index contributed by atoms with van der Waals surface area (Å²) in [4.78, 5) is 0.597. The number of rotatable bonds is 5. The fourth-order valence-electron chi connectivity index (χ4n) is 2.18. The van der Waals surface area contributed by atoms with E-state index in [0.717, 1.165) is 6.61 Å². The van der Waals surface area contributed by atoms with Gasteiger partial charge in [-0.3, -0.25) is 0 Å². The van der Waals surface area contributed by atoms with Crippen LogP contribution in [0.1, 0.15) is 64.7 Å². The van der Waals surface area contributed by atoms with Crippen molar-refractivity contribution in [2.45, 2.75) is 75.6 Å². The van der Waals surface area contributed by atoms with Crippen molar-refractivity contribution in [1.29, 1.82) is 0 Å². The molecule has 0 N–H and O–H groups in total. The highest BCUT2D eigenvalue weighted by Crippen LogP contribution is 2.25. The van der Waals surface area contributed by atoms with E-state index in [2.05, 4.69) is 22.9 Å². The molecular formula is C13H25BrO. The monoisotopic (exact) mass is 276 g/mol. The van der Waals surface area contributed by atoms with E-state index in [1.54, 1.807) is 0 Å². The quantitative estimate of drug-likeness (QED) is 0.523. The van der Waals surface area contributed by atoms with Gasteiger partial charge in [-0.15, -0.1) is 0 Å². The summed E-state index contributed by atoms with van der Waals surface area (Å²) in [6.45, 7) is 3.20. The van der Waals surface area contributed by atoms with Gasteiger partial charge in [-0.1, -0.05) is 61.4 Å². The first kappa shape index (κ1) is 13.5. The van der Waals surface area contributed by atoms with E-state index in [0.29, 0.717) is 10.9 Å². The van der Waals surface area contributed by atoms with Crippen molar-refractivity contribution in [1.82, 2.24) is 0 Å². The lowest BCUT2D eigenvalue weighted by atomic mass is 9.98. The summed E-state index contributed by atoms with van der Waals surface area (Å²) >= 11 is 3.78. The molecule has 1 saturated carbocycles. The van der Waals surface area contributed by atoms with Gasteiger partial charge >= 0.3 is 0 Å². The number of hydrogen-bond acceptors (Lipinski definition) is 1. The Morgan fingerprint density at radius 1 is 1.07 bits per heavy atom. The van der Waals surface area contributed by atoms with Gasteiger partial charge in [0.1, 0.15) is 0 Å². The first-order valence-corrected chi connectivity index (χ1v) is 7.52. The van der Waals surface area contributed by atoms with Crippen LogP contribution in [0.25, 0.3) is 0 Å². The van der Waals surface area contributed by atoms with Crippen molar-refractivity contribution in [3.05, 3.63) is 0 Å². The maximum absolute atomic E-state index is 5.99. The Hall–Kier alpha value is 0.440. The molecule has 1 aliphatic carbocycles. The van der Waals surface area contributed by atoms with E-state index < -0.39 is 0 Å². The van der Waals surface area contributed by atoms with Crippen LogP contribution in [0.3, 0.4) is 0 Å². The van der Waals surface area contributed by atoms with Gasteiger partial charge in [-0.05, 0) is 19.3 Å². The molecule has 0 aromatic heterocycles. The second kappa shape index (κ2) is 8.58. The highest BCUT2D eigenvalue weighted by Gasteiger charge is 2.20. The third kappa shape index (κ3) is 5.91. The first-order valence-electron chi connectivity index (χ1n) is 6.60. The Labute approximate surface area is 103 Å². The van der Waals surface area contributed by atoms with Crippen LogP contribution >= 0.6 is 15.9 Å². The van der Waals surface area contributed by atoms with Crippen LogP contribution in [-0.2, 0) is 4.74 Å². The summed E-state index contributed by atoms with van der Waals surface area (Å²) < 4.78 is 5.99. The number of unbranched alkanes of at least 4 members (excludes halogenated alkanes) is 2. The van der Waals surface area contributed by atoms with Gasteiger partial charge in [0.05, 0.1) is 6.10 Å². The zero-order chi connectivity index (χ0) is 10.9. The van der Waals surface area contributed by atoms with Crippen LogP contribution in [0.15, 0.2) is 0 Å². The number of hydrogen-bond donors (Lipinski definition) is 0. The minimum absolute atomic E-state index is 0.474. The lowest BCUT2D eigenvalue weighted by molar-refractivity contribution is 0.0388. The van der Waals surface area contributed by atoms with Crippen LogP contribution in [-0.4, -0.2) is 17.5 Å². The van der Waals surface area contributed by atoms with Gasteiger partial charge in [-0.25, -0.2) is 0 Å². The molecule has 15 heavy (non-hydrogen) atoms. The van der Waals surface area contributed by atoms with Crippen molar-refractivity contribution in [2.75, 3.05) is 6.61 Å². The summed E-state index contributed by atoms with van der Waals surface area (Å²) in [7, 11) is 0. The molecule has 0 amide bonds. The molecule has 1 nitrogen and oxygen atoms in total. The molecular weight excluding hydrogens is 252 g/mol. The normalized spacial score (nSPS) is 28.4. The molecule has 0 aromatic carbocycles. The average molecular weight is 277 g/mol. The third-order valence-electron chi connectivity index (χ3n) is 3.20. The summed E-state index contributed by atoms with van der Waals surface area (Å²) in [6, 6.07) is 0. The minimum Gasteiger partial charge on any atom is -0.377 e. The fraction of sp³-hybridized carbons (Fsp3) is 1.00. The van der Waals surface area contributed by atoms with Crippen molar-refractivity contribution >= 4 is 15.9 Å². The van der Waals surface area contributed by atoms with E-state index >= 15 is 0 Å². The van der Waals surface area contributed by atoms with Crippen molar-refractivity contribution in [3.8, 4) is 0 Å². The summed E-state index contributed by atoms with van der Waals surface area (Å²) in [6.07, 6.45) is 12.4. The summed E-state index contributed by atoms with van der Waals surface area (Å²) in [5.74, 6) is 0. The van der Waals surface area contributed by atoms with E-state index in [-0.39, 0.29) is 0 Å². The van der Waals surface area contributed by atoms with Crippen molar-refractivity contribution < 1.29 is 4.74 Å². The van der Waals surface area contributed by atoms with Gasteiger partial charge in [0.2, 0.25) is 0 Å². The fourth-order valence-corrected chi connectivity index (χ4v) is 2.92. The zero-order valence-corrected chi connectivity index (χ0v) is 11.6. The van der Waals surface area contributed by atoms with E-state index in [1.165, 1.54) is 57.8 Å². The summed E-state index contributed by atoms with van der Waals surface area (Å²) in [5, 5.41) is 0. The second-order valence-corrected chi connectivity index (χ2v) is 5.80. The first-order chi connectivity index (χ1) is 7.34. The Morgan fingerprint density at radius 2 is 1.80 bits per heavy atom. The molecule has 2 unspecified atom stereocenters. The minimum atomic E-state index is 0.474. The van der Waals surface area contributed by atoms with Crippen LogP contribution in [0, 0.1) is 0 Å². The standard InChI is InChI=1S/C13H25BrO/c1-2-3-8-11-15-13-10-7-5-4-6-9-12(13)14/h12-13H,2-11H2,1H3. The van der Waals surface area contributed by atoms with Crippen LogP contribution in [0.2, 0.25) is 0 Å². The van der Waals surface area contributed by atoms with E-state index in [4.69, 9.17) is 4.74 Å². The van der Waals surface area contributed by atoms with Crippen LogP contribution in [0.5, 0.6) is 0 Å². The van der Waals surface area contributed by atoms with Crippen molar-refractivity contribution in [2.24, 2.45) is 0 Å². The highest BCUT2D eigenvalue weighted by molar-refractivity contribution is 9.09. The number of alkyl halides is 1. The maximum Gasteiger partial charge on any atom is 0.0700 e. The van der Waals surface area contributed by atoms with E-state index in [9.17, 15) is 0 Å². The lowest BCUT2D eigenvalue weighted by Crippen LogP contribution is -2.26. The van der Waals surface area contributed by atoms with Gasteiger partial charge in [0.25, 0.3) is 0 Å². The molecule has 0 spiro atoms. The lowest BCUT2D eigenvalue weighted by Gasteiger charge is -2.25. The molecule has 90 valence electrons. The third-order valence-corrected chi connectivity index (χ3v) is 4.25. The molecule has 1 fully saturated rings. The van der Waals surface area contributed by atoms with Gasteiger partial charge in [0.15, 0.2) is 0 Å². The molecule has 0 aliphatic heterocycles. The molecule has 0 saturated heterocycles. The Bertz CT molecular complexity index is 149. The molecule has 0 heterocycles. The number of halogens is 1. The molecule has 1 rings (SSSR count). The smallest absolute Gasteiger partial charge is 0.0700 e. The highest BCUT2D eigenvalue weighted by atomic mass is 79.9. The Morgan fingerprint density at radius 3 is 2.53 bits per heavy atom. The largest absolute Gasteiger partial charge is 0.377 e. The molecule has 2 atom stereocenters. The van der Waals surface area contributed by atoms with E-state index in [1.807, 2.05) is 0 Å². The average Bonchev–Trinajstić information content (AvgIpc) is 2.22. The molecule has 0 radical (unpaired) electrons. The maximum atomic E-state index is 5.99. The second-order valence-electron chi connectivity index (χ2n) is 4.62. The van der Waals surface area contributed by atoms with Gasteiger partial charge in [-0.2, -0.15) is 0 Å². The molecule has 1 aliphatic rings. The Balaban J connectivity index is 2.17. The van der Waals surface area contributed by atoms with Gasteiger partial charge in [0, 0.05) is 11.4 Å². The van der Waals surface area contributed by atoms with Crippen LogP contribution in [0.4, 0.5) is 0 Å². The zero-order valence-electron chi connectivity index (χ0n) is 10.0.